The van der Waals surface area contributed by atoms with Gasteiger partial charge in [0.05, 0.1) is 17.9 Å². The van der Waals surface area contributed by atoms with Gasteiger partial charge in [-0.1, -0.05) is 48.4 Å². The van der Waals surface area contributed by atoms with E-state index in [0.717, 1.165) is 77.7 Å². The van der Waals surface area contributed by atoms with E-state index in [9.17, 15) is 5.26 Å². The fourth-order valence-electron chi connectivity index (χ4n) is 3.99. The number of furan rings is 1. The van der Waals surface area contributed by atoms with Gasteiger partial charge in [0.15, 0.2) is 0 Å². The number of nitrogens with two attached hydrogens (primary N) is 1. The van der Waals surface area contributed by atoms with Gasteiger partial charge in [0.2, 0.25) is 0 Å². The minimum Gasteiger partial charge on any atom is -0.464 e. The first-order chi connectivity index (χ1) is 15.7. The first-order valence-corrected chi connectivity index (χ1v) is 11.2. The lowest BCUT2D eigenvalue weighted by molar-refractivity contribution is 0.587. The highest BCUT2D eigenvalue weighted by Crippen LogP contribution is 2.37. The number of nitriles is 1. The summed E-state index contributed by atoms with van der Waals surface area (Å²) in [5.41, 5.74) is 14.0. The fourth-order valence-corrected chi connectivity index (χ4v) is 3.99. The van der Waals surface area contributed by atoms with Crippen molar-refractivity contribution in [3.05, 3.63) is 83.6 Å². The number of nitrogens with one attached hydrogen (secondary N) is 1. The molecule has 4 rings (SSSR count). The largest absolute Gasteiger partial charge is 0.464 e. The number of aryl methyl sites for hydroxylation is 1. The highest BCUT2D eigenvalue weighted by Gasteiger charge is 2.14. The van der Waals surface area contributed by atoms with Crippen LogP contribution in [-0.2, 0) is 6.54 Å². The Hall–Kier alpha value is -3.39. The van der Waals surface area contributed by atoms with Crippen LogP contribution in [0.2, 0.25) is 0 Å². The molecule has 0 amide bonds. The van der Waals surface area contributed by atoms with Gasteiger partial charge in [-0.3, -0.25) is 0 Å². The summed E-state index contributed by atoms with van der Waals surface area (Å²) in [7, 11) is 0. The van der Waals surface area contributed by atoms with Crippen molar-refractivity contribution in [2.45, 2.75) is 32.7 Å². The van der Waals surface area contributed by atoms with Gasteiger partial charge in [0, 0.05) is 17.5 Å². The van der Waals surface area contributed by atoms with Crippen LogP contribution in [0.4, 0.5) is 0 Å². The predicted molar refractivity (Wildman–Crippen MR) is 131 cm³/mol. The lowest BCUT2D eigenvalue weighted by Gasteiger charge is -2.12. The van der Waals surface area contributed by atoms with Crippen LogP contribution in [0.25, 0.3) is 33.2 Å². The van der Waals surface area contributed by atoms with Gasteiger partial charge in [-0.2, -0.15) is 5.26 Å². The standard InChI is InChI=1S/C28H29N3O/c1-20-5-9-22(10-6-20)26-16-28-27(15-25(26)23-11-7-21(17-30)8-12-23)24(19-32-28)18-31-14-4-2-3-13-29/h5-12,15-16,19,31H,2-4,13-14,18,29H2,1H3. The Bertz CT molecular complexity index is 1210. The van der Waals surface area contributed by atoms with Crippen LogP contribution in [0, 0.1) is 18.3 Å². The molecule has 0 atom stereocenters. The zero-order valence-electron chi connectivity index (χ0n) is 18.5. The Kier molecular flexibility index (Phi) is 7.01. The minimum atomic E-state index is 0.662. The van der Waals surface area contributed by atoms with Crippen LogP contribution in [0.3, 0.4) is 0 Å². The smallest absolute Gasteiger partial charge is 0.134 e. The molecule has 0 aliphatic rings. The summed E-state index contributed by atoms with van der Waals surface area (Å²) in [6.07, 6.45) is 5.21. The maximum absolute atomic E-state index is 9.18. The van der Waals surface area contributed by atoms with Crippen molar-refractivity contribution in [1.82, 2.24) is 5.32 Å². The van der Waals surface area contributed by atoms with E-state index in [1.807, 2.05) is 30.5 Å². The van der Waals surface area contributed by atoms with Gasteiger partial charge in [-0.25, -0.2) is 0 Å². The van der Waals surface area contributed by atoms with E-state index in [1.54, 1.807) is 0 Å². The zero-order valence-corrected chi connectivity index (χ0v) is 18.5. The van der Waals surface area contributed by atoms with Crippen LogP contribution in [0.5, 0.6) is 0 Å². The number of fused-ring (bicyclic) bond motifs is 1. The van der Waals surface area contributed by atoms with Gasteiger partial charge in [-0.05, 0) is 79.4 Å². The lowest BCUT2D eigenvalue weighted by Crippen LogP contribution is -2.14. The van der Waals surface area contributed by atoms with Crippen molar-refractivity contribution in [1.29, 1.82) is 5.26 Å². The molecular weight excluding hydrogens is 394 g/mol. The number of nitrogens with zero attached hydrogens (tertiary/aromatic N) is 1. The summed E-state index contributed by atoms with van der Waals surface area (Å²) in [5, 5.41) is 13.8. The molecule has 3 N–H and O–H groups in total. The van der Waals surface area contributed by atoms with E-state index < -0.39 is 0 Å². The van der Waals surface area contributed by atoms with Gasteiger partial charge in [0.1, 0.15) is 5.58 Å². The molecule has 4 nitrogen and oxygen atoms in total. The van der Waals surface area contributed by atoms with Crippen LogP contribution < -0.4 is 11.1 Å². The molecule has 0 aliphatic heterocycles. The second-order valence-electron chi connectivity index (χ2n) is 8.24. The van der Waals surface area contributed by atoms with E-state index in [2.05, 4.69) is 54.7 Å². The number of rotatable bonds is 9. The van der Waals surface area contributed by atoms with E-state index in [1.165, 1.54) is 5.56 Å². The molecule has 0 radical (unpaired) electrons. The first-order valence-electron chi connectivity index (χ1n) is 11.2. The molecule has 0 fully saturated rings. The average molecular weight is 424 g/mol. The van der Waals surface area contributed by atoms with Crippen LogP contribution in [0.15, 0.2) is 71.3 Å². The maximum Gasteiger partial charge on any atom is 0.134 e. The molecule has 3 aromatic carbocycles. The Labute approximate surface area is 189 Å². The highest BCUT2D eigenvalue weighted by molar-refractivity contribution is 5.95. The molecule has 0 bridgehead atoms. The third-order valence-corrected chi connectivity index (χ3v) is 5.85. The number of unbranched alkanes of at least 4 members (excludes halogenated alkanes) is 2. The topological polar surface area (TPSA) is 75.0 Å². The summed E-state index contributed by atoms with van der Waals surface area (Å²) < 4.78 is 5.96. The molecule has 4 aromatic rings. The molecular formula is C28H29N3O. The third kappa shape index (κ3) is 4.91. The summed E-state index contributed by atoms with van der Waals surface area (Å²) in [6.45, 7) is 4.59. The predicted octanol–water partition coefficient (Wildman–Crippen LogP) is 6.17. The average Bonchev–Trinajstić information content (AvgIpc) is 3.23. The number of hydrogen-bond donors (Lipinski definition) is 2. The zero-order chi connectivity index (χ0) is 22.3. The van der Waals surface area contributed by atoms with Crippen molar-refractivity contribution in [3.63, 3.8) is 0 Å². The Balaban J connectivity index is 1.70. The molecule has 32 heavy (non-hydrogen) atoms. The number of hydrogen-bond acceptors (Lipinski definition) is 4. The van der Waals surface area contributed by atoms with E-state index in [4.69, 9.17) is 10.2 Å². The molecule has 0 unspecified atom stereocenters. The summed E-state index contributed by atoms with van der Waals surface area (Å²) in [4.78, 5) is 0. The maximum atomic E-state index is 9.18. The molecule has 0 aliphatic carbocycles. The number of benzene rings is 3. The molecule has 0 spiro atoms. The van der Waals surface area contributed by atoms with Crippen LogP contribution >= 0.6 is 0 Å². The third-order valence-electron chi connectivity index (χ3n) is 5.85. The first kappa shape index (κ1) is 21.8. The molecule has 0 saturated heterocycles. The van der Waals surface area contributed by atoms with E-state index in [-0.39, 0.29) is 0 Å². The van der Waals surface area contributed by atoms with Gasteiger partial charge in [0.25, 0.3) is 0 Å². The normalized spacial score (nSPS) is 11.0. The lowest BCUT2D eigenvalue weighted by atomic mass is 9.92. The van der Waals surface area contributed by atoms with Crippen molar-refractivity contribution < 1.29 is 4.42 Å². The molecule has 4 heteroatoms. The fraction of sp³-hybridized carbons (Fsp3) is 0.250. The second-order valence-corrected chi connectivity index (χ2v) is 8.24. The second kappa shape index (κ2) is 10.3. The Morgan fingerprint density at radius 3 is 2.28 bits per heavy atom. The van der Waals surface area contributed by atoms with Crippen molar-refractivity contribution in [2.75, 3.05) is 13.1 Å². The summed E-state index contributed by atoms with van der Waals surface area (Å²) >= 11 is 0. The molecule has 1 heterocycles. The Morgan fingerprint density at radius 1 is 0.906 bits per heavy atom. The van der Waals surface area contributed by atoms with Gasteiger partial charge < -0.3 is 15.5 Å². The van der Waals surface area contributed by atoms with Gasteiger partial charge >= 0.3 is 0 Å². The molecule has 162 valence electrons. The van der Waals surface area contributed by atoms with Crippen molar-refractivity contribution >= 4 is 11.0 Å². The summed E-state index contributed by atoms with van der Waals surface area (Å²) in [6, 6.07) is 22.9. The van der Waals surface area contributed by atoms with Crippen LogP contribution in [-0.4, -0.2) is 13.1 Å². The quantitative estimate of drug-likeness (QED) is 0.316. The van der Waals surface area contributed by atoms with Crippen molar-refractivity contribution in [3.8, 4) is 28.3 Å². The van der Waals surface area contributed by atoms with Crippen LogP contribution in [0.1, 0.15) is 36.0 Å². The SMILES string of the molecule is Cc1ccc(-c2cc3occ(CNCCCCCN)c3cc2-c2ccc(C#N)cc2)cc1. The highest BCUT2D eigenvalue weighted by atomic mass is 16.3. The molecule has 0 saturated carbocycles. The van der Waals surface area contributed by atoms with Gasteiger partial charge in [-0.15, -0.1) is 0 Å². The van der Waals surface area contributed by atoms with E-state index in [0.29, 0.717) is 5.56 Å². The van der Waals surface area contributed by atoms with Crippen molar-refractivity contribution in [2.24, 2.45) is 5.73 Å². The molecule has 1 aromatic heterocycles. The Morgan fingerprint density at radius 2 is 1.59 bits per heavy atom. The minimum absolute atomic E-state index is 0.662. The van der Waals surface area contributed by atoms with E-state index >= 15 is 0 Å². The summed E-state index contributed by atoms with van der Waals surface area (Å²) in [5.74, 6) is 0. The monoisotopic (exact) mass is 423 g/mol.